The molecular formula is C13H7Cl2F3NNaO4S. The number of nitrogens with two attached hydrogens (primary N) is 1. The molecule has 5 nitrogen and oxygen atoms in total. The zero-order valence-electron chi connectivity index (χ0n) is 12.4. The van der Waals surface area contributed by atoms with E-state index in [-0.39, 0.29) is 45.4 Å². The predicted octanol–water partition coefficient (Wildman–Crippen LogP) is 1.29. The molecule has 0 aromatic heterocycles. The van der Waals surface area contributed by atoms with Crippen molar-refractivity contribution in [2.45, 2.75) is 11.1 Å². The van der Waals surface area contributed by atoms with Crippen molar-refractivity contribution in [3.63, 3.8) is 0 Å². The summed E-state index contributed by atoms with van der Waals surface area (Å²) in [5.74, 6) is -0.889. The first-order valence-corrected chi connectivity index (χ1v) is 8.15. The van der Waals surface area contributed by atoms with Gasteiger partial charge in [0, 0.05) is 5.02 Å². The number of hydrogen-bond donors (Lipinski definition) is 1. The number of hydrogen-bond acceptors (Lipinski definition) is 5. The van der Waals surface area contributed by atoms with Crippen molar-refractivity contribution >= 4 is 39.0 Å². The summed E-state index contributed by atoms with van der Waals surface area (Å²) in [4.78, 5) is -0.862. The maximum Gasteiger partial charge on any atom is 1.00 e. The first-order chi connectivity index (χ1) is 10.9. The van der Waals surface area contributed by atoms with Crippen LogP contribution in [0.3, 0.4) is 0 Å². The molecule has 12 heteroatoms. The van der Waals surface area contributed by atoms with Crippen LogP contribution in [0.1, 0.15) is 5.56 Å². The van der Waals surface area contributed by atoms with Gasteiger partial charge in [-0.1, -0.05) is 23.2 Å². The number of anilines is 1. The normalized spacial score (nSPS) is 11.8. The molecule has 0 spiro atoms. The Morgan fingerprint density at radius 1 is 1.12 bits per heavy atom. The van der Waals surface area contributed by atoms with Gasteiger partial charge in [-0.25, -0.2) is 8.42 Å². The maximum atomic E-state index is 12.6. The van der Waals surface area contributed by atoms with Gasteiger partial charge >= 0.3 is 35.7 Å². The average Bonchev–Trinajstić information content (AvgIpc) is 2.40. The van der Waals surface area contributed by atoms with E-state index in [1.807, 2.05) is 0 Å². The third kappa shape index (κ3) is 5.40. The predicted molar refractivity (Wildman–Crippen MR) is 80.4 cm³/mol. The van der Waals surface area contributed by atoms with Gasteiger partial charge in [-0.2, -0.15) is 13.2 Å². The summed E-state index contributed by atoms with van der Waals surface area (Å²) in [7, 11) is -5.01. The van der Waals surface area contributed by atoms with Gasteiger partial charge in [0.05, 0.1) is 21.2 Å². The molecule has 0 saturated heterocycles. The first kappa shape index (κ1) is 22.4. The van der Waals surface area contributed by atoms with Gasteiger partial charge in [-0.05, 0) is 30.3 Å². The van der Waals surface area contributed by atoms with E-state index in [9.17, 15) is 26.1 Å². The molecule has 0 heterocycles. The molecule has 0 amide bonds. The third-order valence-electron chi connectivity index (χ3n) is 2.79. The molecule has 0 aliphatic carbocycles. The van der Waals surface area contributed by atoms with E-state index >= 15 is 0 Å². The fraction of sp³-hybridized carbons (Fsp3) is 0.0769. The fourth-order valence-electron chi connectivity index (χ4n) is 1.75. The molecule has 0 fully saturated rings. The van der Waals surface area contributed by atoms with Crippen LogP contribution in [0.25, 0.3) is 0 Å². The second-order valence-electron chi connectivity index (χ2n) is 4.52. The van der Waals surface area contributed by atoms with Crippen molar-refractivity contribution in [3.8, 4) is 11.5 Å². The summed E-state index contributed by atoms with van der Waals surface area (Å²) in [6.45, 7) is 0. The van der Waals surface area contributed by atoms with Crippen LogP contribution in [0.2, 0.25) is 10.0 Å². The van der Waals surface area contributed by atoms with Crippen molar-refractivity contribution < 1.29 is 60.4 Å². The Bertz CT molecular complexity index is 907. The van der Waals surface area contributed by atoms with Crippen LogP contribution in [-0.2, 0) is 16.3 Å². The van der Waals surface area contributed by atoms with Gasteiger partial charge in [-0.15, -0.1) is 0 Å². The number of rotatable bonds is 3. The third-order valence-corrected chi connectivity index (χ3v) is 4.13. The summed E-state index contributed by atoms with van der Waals surface area (Å²) in [5, 5.41) is -0.460. The zero-order chi connectivity index (χ0) is 18.3. The number of alkyl halides is 3. The van der Waals surface area contributed by atoms with Gasteiger partial charge in [-0.3, -0.25) is 0 Å². The van der Waals surface area contributed by atoms with Crippen LogP contribution < -0.4 is 40.0 Å². The number of ether oxygens (including phenoxy) is 1. The van der Waals surface area contributed by atoms with Gasteiger partial charge < -0.3 is 15.0 Å². The van der Waals surface area contributed by atoms with E-state index in [4.69, 9.17) is 33.7 Å². The van der Waals surface area contributed by atoms with E-state index in [0.29, 0.717) is 12.1 Å². The minimum Gasteiger partial charge on any atom is -0.744 e. The van der Waals surface area contributed by atoms with E-state index in [1.165, 1.54) is 0 Å². The van der Waals surface area contributed by atoms with Crippen molar-refractivity contribution in [2.24, 2.45) is 0 Å². The van der Waals surface area contributed by atoms with Crippen molar-refractivity contribution in [3.05, 3.63) is 45.9 Å². The van der Waals surface area contributed by atoms with Crippen LogP contribution in [0.15, 0.2) is 35.2 Å². The molecule has 2 aromatic rings. The smallest absolute Gasteiger partial charge is 0.744 e. The molecule has 25 heavy (non-hydrogen) atoms. The fourth-order valence-corrected chi connectivity index (χ4v) is 3.05. The molecule has 0 aliphatic heterocycles. The number of benzene rings is 2. The molecule has 2 rings (SSSR count). The standard InChI is InChI=1S/C13H8Cl2F3NO4S.Na/c14-7-4-8(15)12(11(5-7)24(20,21)22)23-10-2-1-6(3-9(10)19)13(16,17)18;/h1-5H,19H2,(H,20,21,22);/q;+1/p-1. The number of nitrogen functional groups attached to an aromatic ring is 1. The van der Waals surface area contributed by atoms with Crippen LogP contribution in [0, 0.1) is 0 Å². The molecule has 2 N–H and O–H groups in total. The minimum absolute atomic E-state index is 0. The maximum absolute atomic E-state index is 12.6. The van der Waals surface area contributed by atoms with Crippen LogP contribution in [-0.4, -0.2) is 13.0 Å². The minimum atomic E-state index is -5.01. The Morgan fingerprint density at radius 2 is 1.72 bits per heavy atom. The Hall–Kier alpha value is -0.680. The summed E-state index contributed by atoms with van der Waals surface area (Å²) in [6.07, 6.45) is -4.62. The van der Waals surface area contributed by atoms with Gasteiger partial charge in [0.1, 0.15) is 15.9 Å². The monoisotopic (exact) mass is 423 g/mol. The molecule has 0 radical (unpaired) electrons. The van der Waals surface area contributed by atoms with E-state index < -0.39 is 38.2 Å². The van der Waals surface area contributed by atoms with E-state index in [2.05, 4.69) is 0 Å². The van der Waals surface area contributed by atoms with Crippen LogP contribution >= 0.6 is 23.2 Å². The zero-order valence-corrected chi connectivity index (χ0v) is 16.7. The Kier molecular flexibility index (Phi) is 7.08. The Balaban J connectivity index is 0.00000312. The molecule has 0 unspecified atom stereocenters. The van der Waals surface area contributed by atoms with E-state index in [0.717, 1.165) is 18.2 Å². The van der Waals surface area contributed by atoms with Gasteiger partial charge in [0.15, 0.2) is 5.75 Å². The second-order valence-corrected chi connectivity index (χ2v) is 6.71. The molecule has 2 aromatic carbocycles. The van der Waals surface area contributed by atoms with Crippen LogP contribution in [0.5, 0.6) is 11.5 Å². The van der Waals surface area contributed by atoms with Gasteiger partial charge in [0.25, 0.3) is 0 Å². The average molecular weight is 424 g/mol. The summed E-state index contributed by atoms with van der Waals surface area (Å²) >= 11 is 11.5. The molecule has 0 saturated carbocycles. The van der Waals surface area contributed by atoms with Gasteiger partial charge in [0.2, 0.25) is 0 Å². The quantitative estimate of drug-likeness (QED) is 0.456. The summed E-state index contributed by atoms with van der Waals surface area (Å²) < 4.78 is 76.8. The molecule has 0 aliphatic rings. The van der Waals surface area contributed by atoms with Crippen molar-refractivity contribution in [2.75, 3.05) is 5.73 Å². The summed E-state index contributed by atoms with van der Waals surface area (Å²) in [5.41, 5.74) is 4.04. The Labute approximate surface area is 172 Å². The topological polar surface area (TPSA) is 92.5 Å². The molecular weight excluding hydrogens is 417 g/mol. The largest absolute Gasteiger partial charge is 1.00 e. The van der Waals surface area contributed by atoms with Crippen molar-refractivity contribution in [1.29, 1.82) is 0 Å². The number of halogens is 5. The second kappa shape index (κ2) is 7.91. The van der Waals surface area contributed by atoms with Crippen LogP contribution in [0.4, 0.5) is 18.9 Å². The summed E-state index contributed by atoms with van der Waals surface area (Å²) in [6, 6.07) is 4.08. The molecule has 0 atom stereocenters. The molecule has 130 valence electrons. The molecule has 0 bridgehead atoms. The SMILES string of the molecule is Nc1cc(C(F)(F)F)ccc1Oc1c(Cl)cc(Cl)cc1S(=O)(=O)[O-].[Na+]. The van der Waals surface area contributed by atoms with E-state index in [1.54, 1.807) is 0 Å². The first-order valence-electron chi connectivity index (χ1n) is 5.99. The van der Waals surface area contributed by atoms with Crippen molar-refractivity contribution in [1.82, 2.24) is 0 Å². The Morgan fingerprint density at radius 3 is 2.20 bits per heavy atom.